The van der Waals surface area contributed by atoms with Gasteiger partial charge in [0.2, 0.25) is 0 Å². The number of nitrogens with two attached hydrogens (primary N) is 1. The number of ether oxygens (including phenoxy) is 1. The summed E-state index contributed by atoms with van der Waals surface area (Å²) in [6.45, 7) is 6.20. The standard InChI is InChI=1S/C15H24N2O2/c1-13(2,3)19-12(18)11-8-14(9-16)4-6-15(11,10-17)7-5-14/h11H,4-9,16H2,1-3H3. The highest BCUT2D eigenvalue weighted by molar-refractivity contribution is 5.75. The average molecular weight is 264 g/mol. The van der Waals surface area contributed by atoms with Crippen LogP contribution in [0.5, 0.6) is 0 Å². The minimum Gasteiger partial charge on any atom is -0.460 e. The van der Waals surface area contributed by atoms with Crippen molar-refractivity contribution in [2.45, 2.75) is 58.5 Å². The molecule has 4 nitrogen and oxygen atoms in total. The van der Waals surface area contributed by atoms with Crippen molar-refractivity contribution >= 4 is 5.97 Å². The first kappa shape index (κ1) is 14.3. The predicted molar refractivity (Wildman–Crippen MR) is 72.0 cm³/mol. The largest absolute Gasteiger partial charge is 0.460 e. The van der Waals surface area contributed by atoms with Gasteiger partial charge in [-0.05, 0) is 64.8 Å². The van der Waals surface area contributed by atoms with Gasteiger partial charge in [0.15, 0.2) is 0 Å². The fourth-order valence-electron chi connectivity index (χ4n) is 3.57. The SMILES string of the molecule is CC(C)(C)OC(=O)C1CC2(CN)CCC1(C#N)CC2. The Labute approximate surface area is 115 Å². The van der Waals surface area contributed by atoms with Crippen LogP contribution in [0.3, 0.4) is 0 Å². The van der Waals surface area contributed by atoms with Gasteiger partial charge in [-0.15, -0.1) is 0 Å². The van der Waals surface area contributed by atoms with Crippen LogP contribution in [0.2, 0.25) is 0 Å². The van der Waals surface area contributed by atoms with Gasteiger partial charge in [0.25, 0.3) is 0 Å². The second-order valence-electron chi connectivity index (χ2n) is 7.26. The summed E-state index contributed by atoms with van der Waals surface area (Å²) in [6.07, 6.45) is 4.22. The maximum atomic E-state index is 12.4. The van der Waals surface area contributed by atoms with Gasteiger partial charge in [-0.3, -0.25) is 4.79 Å². The zero-order valence-electron chi connectivity index (χ0n) is 12.2. The van der Waals surface area contributed by atoms with Crippen molar-refractivity contribution in [1.82, 2.24) is 0 Å². The van der Waals surface area contributed by atoms with Gasteiger partial charge in [-0.25, -0.2) is 0 Å². The zero-order valence-corrected chi connectivity index (χ0v) is 12.2. The second-order valence-corrected chi connectivity index (χ2v) is 7.26. The number of nitrogens with zero attached hydrogens (tertiary/aromatic N) is 1. The molecule has 0 aromatic rings. The van der Waals surface area contributed by atoms with Crippen LogP contribution in [-0.4, -0.2) is 18.1 Å². The van der Waals surface area contributed by atoms with Crippen LogP contribution in [0, 0.1) is 28.1 Å². The number of rotatable bonds is 2. The maximum absolute atomic E-state index is 12.4. The summed E-state index contributed by atoms with van der Waals surface area (Å²) in [5, 5.41) is 9.55. The predicted octanol–water partition coefficient (Wildman–Crippen LogP) is 2.38. The van der Waals surface area contributed by atoms with E-state index in [1.165, 1.54) is 0 Å². The summed E-state index contributed by atoms with van der Waals surface area (Å²) < 4.78 is 5.52. The van der Waals surface area contributed by atoms with Crippen LogP contribution < -0.4 is 5.73 Å². The van der Waals surface area contributed by atoms with Gasteiger partial charge < -0.3 is 10.5 Å². The number of esters is 1. The van der Waals surface area contributed by atoms with Gasteiger partial charge in [-0.1, -0.05) is 0 Å². The molecule has 0 aromatic heterocycles. The van der Waals surface area contributed by atoms with E-state index in [-0.39, 0.29) is 17.3 Å². The molecule has 3 aliphatic carbocycles. The Bertz CT molecular complexity index is 409. The molecule has 0 radical (unpaired) electrons. The molecule has 3 saturated carbocycles. The topological polar surface area (TPSA) is 76.1 Å². The van der Waals surface area contributed by atoms with Crippen molar-refractivity contribution in [3.8, 4) is 6.07 Å². The van der Waals surface area contributed by atoms with Crippen LogP contribution in [0.15, 0.2) is 0 Å². The van der Waals surface area contributed by atoms with Crippen molar-refractivity contribution in [2.75, 3.05) is 6.54 Å². The fourth-order valence-corrected chi connectivity index (χ4v) is 3.57. The van der Waals surface area contributed by atoms with E-state index in [4.69, 9.17) is 10.5 Å². The van der Waals surface area contributed by atoms with E-state index >= 15 is 0 Å². The highest BCUT2D eigenvalue weighted by Gasteiger charge is 2.57. The van der Waals surface area contributed by atoms with Crippen LogP contribution in [-0.2, 0) is 9.53 Å². The Kier molecular flexibility index (Phi) is 3.38. The molecule has 19 heavy (non-hydrogen) atoms. The molecule has 3 fully saturated rings. The van der Waals surface area contributed by atoms with Crippen molar-refractivity contribution in [1.29, 1.82) is 5.26 Å². The number of hydrogen-bond donors (Lipinski definition) is 1. The van der Waals surface area contributed by atoms with Gasteiger partial charge in [0.05, 0.1) is 17.4 Å². The molecule has 0 amide bonds. The lowest BCUT2D eigenvalue weighted by Crippen LogP contribution is -2.53. The quantitative estimate of drug-likeness (QED) is 0.777. The summed E-state index contributed by atoms with van der Waals surface area (Å²) in [6, 6.07) is 2.42. The van der Waals surface area contributed by atoms with Gasteiger partial charge >= 0.3 is 5.97 Å². The van der Waals surface area contributed by atoms with Crippen LogP contribution in [0.1, 0.15) is 52.9 Å². The summed E-state index contributed by atoms with van der Waals surface area (Å²) >= 11 is 0. The summed E-state index contributed by atoms with van der Waals surface area (Å²) in [4.78, 5) is 12.4. The number of fused-ring (bicyclic) bond motifs is 3. The second kappa shape index (κ2) is 4.49. The first-order valence-electron chi connectivity index (χ1n) is 7.10. The molecule has 0 saturated heterocycles. The van der Waals surface area contributed by atoms with E-state index in [9.17, 15) is 10.1 Å². The third kappa shape index (κ3) is 2.49. The molecule has 0 heterocycles. The molecule has 0 aromatic carbocycles. The van der Waals surface area contributed by atoms with Gasteiger partial charge in [-0.2, -0.15) is 5.26 Å². The van der Waals surface area contributed by atoms with Crippen LogP contribution >= 0.6 is 0 Å². The lowest BCUT2D eigenvalue weighted by molar-refractivity contribution is -0.172. The highest BCUT2D eigenvalue weighted by atomic mass is 16.6. The Morgan fingerprint density at radius 1 is 1.37 bits per heavy atom. The lowest BCUT2D eigenvalue weighted by atomic mass is 9.49. The number of carbonyl (C=O) groups is 1. The summed E-state index contributed by atoms with van der Waals surface area (Å²) in [5.41, 5.74) is 4.95. The van der Waals surface area contributed by atoms with Crippen molar-refractivity contribution in [2.24, 2.45) is 22.5 Å². The minimum absolute atomic E-state index is 0.0557. The van der Waals surface area contributed by atoms with E-state index in [1.807, 2.05) is 20.8 Å². The maximum Gasteiger partial charge on any atom is 0.311 e. The molecule has 2 bridgehead atoms. The van der Waals surface area contributed by atoms with Crippen molar-refractivity contribution < 1.29 is 9.53 Å². The monoisotopic (exact) mass is 264 g/mol. The van der Waals surface area contributed by atoms with Crippen molar-refractivity contribution in [3.63, 3.8) is 0 Å². The summed E-state index contributed by atoms with van der Waals surface area (Å²) in [5.74, 6) is -0.519. The Morgan fingerprint density at radius 2 is 1.95 bits per heavy atom. The number of hydrogen-bond acceptors (Lipinski definition) is 4. The van der Waals surface area contributed by atoms with E-state index in [2.05, 4.69) is 6.07 Å². The number of carbonyl (C=O) groups excluding carboxylic acids is 1. The van der Waals surface area contributed by atoms with E-state index in [0.29, 0.717) is 13.0 Å². The average Bonchev–Trinajstić information content (AvgIpc) is 2.38. The zero-order chi connectivity index (χ0) is 14.3. The summed E-state index contributed by atoms with van der Waals surface area (Å²) in [7, 11) is 0. The molecule has 1 atom stereocenters. The fraction of sp³-hybridized carbons (Fsp3) is 0.867. The molecule has 0 aliphatic heterocycles. The van der Waals surface area contributed by atoms with Crippen LogP contribution in [0.25, 0.3) is 0 Å². The van der Waals surface area contributed by atoms with Gasteiger partial charge in [0, 0.05) is 0 Å². The van der Waals surface area contributed by atoms with E-state index < -0.39 is 11.0 Å². The molecule has 106 valence electrons. The first-order valence-corrected chi connectivity index (χ1v) is 7.10. The highest BCUT2D eigenvalue weighted by Crippen LogP contribution is 2.59. The molecule has 2 N–H and O–H groups in total. The first-order chi connectivity index (χ1) is 8.76. The smallest absolute Gasteiger partial charge is 0.311 e. The Morgan fingerprint density at radius 3 is 2.37 bits per heavy atom. The molecule has 3 aliphatic rings. The normalized spacial score (nSPS) is 37.7. The molecular weight excluding hydrogens is 240 g/mol. The molecule has 4 heteroatoms. The third-order valence-corrected chi connectivity index (χ3v) is 4.85. The Balaban J connectivity index is 2.23. The van der Waals surface area contributed by atoms with Crippen molar-refractivity contribution in [3.05, 3.63) is 0 Å². The van der Waals surface area contributed by atoms with E-state index in [0.717, 1.165) is 25.7 Å². The molecule has 0 spiro atoms. The van der Waals surface area contributed by atoms with Gasteiger partial charge in [0.1, 0.15) is 5.60 Å². The van der Waals surface area contributed by atoms with E-state index in [1.54, 1.807) is 0 Å². The Hall–Kier alpha value is -1.08. The molecule has 3 rings (SSSR count). The minimum atomic E-state index is -0.515. The molecule has 1 unspecified atom stereocenters. The number of nitriles is 1. The lowest BCUT2D eigenvalue weighted by Gasteiger charge is -2.53. The third-order valence-electron chi connectivity index (χ3n) is 4.85. The molecular formula is C15H24N2O2. The van der Waals surface area contributed by atoms with Crippen LogP contribution in [0.4, 0.5) is 0 Å².